The van der Waals surface area contributed by atoms with Crippen LogP contribution < -0.4 is 10.6 Å². The fourth-order valence-corrected chi connectivity index (χ4v) is 3.21. The normalized spacial score (nSPS) is 24.4. The molecule has 3 rings (SSSR count). The van der Waals surface area contributed by atoms with Gasteiger partial charge in [-0.05, 0) is 38.4 Å². The summed E-state index contributed by atoms with van der Waals surface area (Å²) in [6.45, 7) is 4.05. The van der Waals surface area contributed by atoms with E-state index in [-0.39, 0.29) is 5.69 Å². The molecule has 1 unspecified atom stereocenters. The van der Waals surface area contributed by atoms with Gasteiger partial charge in [0.15, 0.2) is 0 Å². The maximum atomic E-state index is 10.7. The Kier molecular flexibility index (Phi) is 4.03. The van der Waals surface area contributed by atoms with Crippen molar-refractivity contribution < 1.29 is 4.92 Å². The van der Waals surface area contributed by atoms with E-state index in [4.69, 9.17) is 5.73 Å². The third-order valence-corrected chi connectivity index (χ3v) is 4.52. The Hall–Kier alpha value is -1.73. The molecule has 0 amide bonds. The number of nitrogens with two attached hydrogens (primary N) is 1. The standard InChI is InChI=1S/C14H21N5O2/c15-11-3-6-17(7-4-11)13-5-8-18(10-13)14-2-1-12(9-16-14)19(20)21/h1-2,9,11,13H,3-8,10,15H2. The molecule has 0 radical (unpaired) electrons. The summed E-state index contributed by atoms with van der Waals surface area (Å²) in [7, 11) is 0. The monoisotopic (exact) mass is 291 g/mol. The van der Waals surface area contributed by atoms with E-state index in [2.05, 4.69) is 14.8 Å². The molecule has 7 heteroatoms. The maximum absolute atomic E-state index is 10.7. The average molecular weight is 291 g/mol. The quantitative estimate of drug-likeness (QED) is 0.660. The molecule has 114 valence electrons. The van der Waals surface area contributed by atoms with E-state index in [1.807, 2.05) is 0 Å². The molecule has 2 aliphatic rings. The fourth-order valence-electron chi connectivity index (χ4n) is 3.21. The van der Waals surface area contributed by atoms with Gasteiger partial charge in [0.2, 0.25) is 0 Å². The van der Waals surface area contributed by atoms with Crippen LogP contribution in [0.4, 0.5) is 11.5 Å². The zero-order valence-electron chi connectivity index (χ0n) is 12.0. The third-order valence-electron chi connectivity index (χ3n) is 4.52. The van der Waals surface area contributed by atoms with Crippen LogP contribution >= 0.6 is 0 Å². The van der Waals surface area contributed by atoms with Crippen molar-refractivity contribution in [2.45, 2.75) is 31.3 Å². The molecular formula is C14H21N5O2. The number of hydrogen-bond acceptors (Lipinski definition) is 6. The molecule has 3 heterocycles. The van der Waals surface area contributed by atoms with Crippen molar-refractivity contribution in [2.75, 3.05) is 31.1 Å². The molecule has 0 aromatic carbocycles. The van der Waals surface area contributed by atoms with Crippen molar-refractivity contribution in [1.29, 1.82) is 0 Å². The molecule has 7 nitrogen and oxygen atoms in total. The molecule has 1 aromatic rings. The minimum atomic E-state index is -0.416. The predicted molar refractivity (Wildman–Crippen MR) is 80.3 cm³/mol. The summed E-state index contributed by atoms with van der Waals surface area (Å²) in [6, 6.07) is 4.17. The highest BCUT2D eigenvalue weighted by atomic mass is 16.6. The molecule has 2 N–H and O–H groups in total. The summed E-state index contributed by atoms with van der Waals surface area (Å²) < 4.78 is 0. The third kappa shape index (κ3) is 3.14. The zero-order valence-corrected chi connectivity index (χ0v) is 12.0. The first-order valence-electron chi connectivity index (χ1n) is 7.48. The molecule has 2 aliphatic heterocycles. The Bertz CT molecular complexity index is 499. The lowest BCUT2D eigenvalue weighted by Crippen LogP contribution is -2.46. The van der Waals surface area contributed by atoms with Gasteiger partial charge in [-0.25, -0.2) is 4.98 Å². The average Bonchev–Trinajstić information content (AvgIpc) is 2.98. The van der Waals surface area contributed by atoms with Gasteiger partial charge < -0.3 is 10.6 Å². The van der Waals surface area contributed by atoms with Gasteiger partial charge in [0.05, 0.1) is 4.92 Å². The van der Waals surface area contributed by atoms with Crippen molar-refractivity contribution in [3.05, 3.63) is 28.4 Å². The molecule has 0 aliphatic carbocycles. The number of piperidine rings is 1. The van der Waals surface area contributed by atoms with Crippen LogP contribution in [0.5, 0.6) is 0 Å². The highest BCUT2D eigenvalue weighted by Crippen LogP contribution is 2.24. The largest absolute Gasteiger partial charge is 0.355 e. The molecule has 0 saturated carbocycles. The predicted octanol–water partition coefficient (Wildman–Crippen LogP) is 0.992. The summed E-state index contributed by atoms with van der Waals surface area (Å²) in [5, 5.41) is 10.7. The SMILES string of the molecule is NC1CCN(C2CCN(c3ccc([N+](=O)[O-])cn3)C2)CC1. The summed E-state index contributed by atoms with van der Waals surface area (Å²) in [4.78, 5) is 19.2. The summed E-state index contributed by atoms with van der Waals surface area (Å²) >= 11 is 0. The molecule has 0 spiro atoms. The molecular weight excluding hydrogens is 270 g/mol. The molecule has 21 heavy (non-hydrogen) atoms. The van der Waals surface area contributed by atoms with Crippen molar-refractivity contribution in [3.8, 4) is 0 Å². The molecule has 1 atom stereocenters. The van der Waals surface area contributed by atoms with E-state index in [1.54, 1.807) is 6.07 Å². The fraction of sp³-hybridized carbons (Fsp3) is 0.643. The summed E-state index contributed by atoms with van der Waals surface area (Å²) in [6.07, 6.45) is 4.61. The second-order valence-electron chi connectivity index (χ2n) is 5.89. The van der Waals surface area contributed by atoms with Crippen LogP contribution in [0.3, 0.4) is 0 Å². The number of nitrogens with zero attached hydrogens (tertiary/aromatic N) is 4. The zero-order chi connectivity index (χ0) is 14.8. The van der Waals surface area contributed by atoms with Gasteiger partial charge in [0.1, 0.15) is 12.0 Å². The Morgan fingerprint density at radius 2 is 2.00 bits per heavy atom. The van der Waals surface area contributed by atoms with Crippen molar-refractivity contribution in [3.63, 3.8) is 0 Å². The summed E-state index contributed by atoms with van der Waals surface area (Å²) in [5.41, 5.74) is 5.99. The van der Waals surface area contributed by atoms with Crippen molar-refractivity contribution >= 4 is 11.5 Å². The second kappa shape index (κ2) is 5.95. The Morgan fingerprint density at radius 1 is 1.24 bits per heavy atom. The number of anilines is 1. The van der Waals surface area contributed by atoms with E-state index in [1.165, 1.54) is 12.3 Å². The van der Waals surface area contributed by atoms with Gasteiger partial charge in [0.25, 0.3) is 5.69 Å². The molecule has 2 fully saturated rings. The lowest BCUT2D eigenvalue weighted by atomic mass is 10.0. The summed E-state index contributed by atoms with van der Waals surface area (Å²) in [5.74, 6) is 0.830. The number of rotatable bonds is 3. The van der Waals surface area contributed by atoms with Crippen LogP contribution in [-0.4, -0.2) is 53.1 Å². The van der Waals surface area contributed by atoms with Crippen LogP contribution in [0.25, 0.3) is 0 Å². The minimum Gasteiger partial charge on any atom is -0.355 e. The number of likely N-dealkylation sites (tertiary alicyclic amines) is 1. The number of hydrogen-bond donors (Lipinski definition) is 1. The van der Waals surface area contributed by atoms with Gasteiger partial charge in [-0.3, -0.25) is 15.0 Å². The number of pyridine rings is 1. The van der Waals surface area contributed by atoms with Gasteiger partial charge in [-0.1, -0.05) is 0 Å². The van der Waals surface area contributed by atoms with Crippen molar-refractivity contribution in [2.24, 2.45) is 5.73 Å². The number of nitro groups is 1. The second-order valence-corrected chi connectivity index (χ2v) is 5.89. The van der Waals surface area contributed by atoms with Gasteiger partial charge >= 0.3 is 0 Å². The molecule has 1 aromatic heterocycles. The van der Waals surface area contributed by atoms with Crippen LogP contribution in [0.1, 0.15) is 19.3 Å². The van der Waals surface area contributed by atoms with Gasteiger partial charge in [-0.2, -0.15) is 0 Å². The van der Waals surface area contributed by atoms with E-state index in [0.717, 1.165) is 51.3 Å². The highest BCUT2D eigenvalue weighted by molar-refractivity contribution is 5.44. The highest BCUT2D eigenvalue weighted by Gasteiger charge is 2.30. The van der Waals surface area contributed by atoms with Crippen LogP contribution in [0.15, 0.2) is 18.3 Å². The van der Waals surface area contributed by atoms with Crippen LogP contribution in [-0.2, 0) is 0 Å². The van der Waals surface area contributed by atoms with Gasteiger partial charge in [0, 0.05) is 31.2 Å². The van der Waals surface area contributed by atoms with E-state index in [9.17, 15) is 10.1 Å². The Morgan fingerprint density at radius 3 is 2.62 bits per heavy atom. The first-order valence-corrected chi connectivity index (χ1v) is 7.48. The van der Waals surface area contributed by atoms with E-state index >= 15 is 0 Å². The lowest BCUT2D eigenvalue weighted by Gasteiger charge is -2.34. The maximum Gasteiger partial charge on any atom is 0.287 e. The first-order chi connectivity index (χ1) is 10.1. The first kappa shape index (κ1) is 14.2. The molecule has 0 bridgehead atoms. The molecule has 2 saturated heterocycles. The Balaban J connectivity index is 1.60. The van der Waals surface area contributed by atoms with Crippen LogP contribution in [0, 0.1) is 10.1 Å². The van der Waals surface area contributed by atoms with E-state index < -0.39 is 4.92 Å². The van der Waals surface area contributed by atoms with Gasteiger partial charge in [-0.15, -0.1) is 0 Å². The number of aromatic nitrogens is 1. The topological polar surface area (TPSA) is 88.5 Å². The minimum absolute atomic E-state index is 0.0412. The van der Waals surface area contributed by atoms with Crippen molar-refractivity contribution in [1.82, 2.24) is 9.88 Å². The Labute approximate surface area is 123 Å². The smallest absolute Gasteiger partial charge is 0.287 e. The lowest BCUT2D eigenvalue weighted by molar-refractivity contribution is -0.385. The van der Waals surface area contributed by atoms with Crippen LogP contribution in [0.2, 0.25) is 0 Å². The van der Waals surface area contributed by atoms with E-state index in [0.29, 0.717) is 12.1 Å².